The molecule has 0 radical (unpaired) electrons. The number of rotatable bonds is 8. The summed E-state index contributed by atoms with van der Waals surface area (Å²) in [5.41, 5.74) is 3.99. The number of amides is 4. The van der Waals surface area contributed by atoms with Gasteiger partial charge in [-0.3, -0.25) is 25.0 Å². The van der Waals surface area contributed by atoms with Crippen LogP contribution in [0.3, 0.4) is 0 Å². The first kappa shape index (κ1) is 28.8. The van der Waals surface area contributed by atoms with E-state index in [0.29, 0.717) is 35.0 Å². The Bertz CT molecular complexity index is 1960. The average molecular weight is 599 g/mol. The second-order valence-corrected chi connectivity index (χ2v) is 10.0. The van der Waals surface area contributed by atoms with Gasteiger partial charge in [0, 0.05) is 23.4 Å². The Kier molecular flexibility index (Phi) is 7.77. The molecule has 0 spiro atoms. The molecule has 222 valence electrons. The summed E-state index contributed by atoms with van der Waals surface area (Å²) in [6, 6.07) is 32.6. The molecule has 1 aliphatic rings. The van der Waals surface area contributed by atoms with Crippen molar-refractivity contribution in [1.82, 2.24) is 9.88 Å². The van der Waals surface area contributed by atoms with Crippen LogP contribution in [0.1, 0.15) is 12.5 Å². The molecule has 5 aromatic rings. The zero-order valence-electron chi connectivity index (χ0n) is 24.0. The third-order valence-electron chi connectivity index (χ3n) is 7.27. The number of non-ortho nitro benzene ring substituents is 1. The molecule has 10 heteroatoms. The number of hydrogen-bond acceptors (Lipinski definition) is 6. The quantitative estimate of drug-likeness (QED) is 0.0908. The van der Waals surface area contributed by atoms with E-state index < -0.39 is 22.8 Å². The number of urea groups is 1. The lowest BCUT2D eigenvalue weighted by Crippen LogP contribution is -2.54. The van der Waals surface area contributed by atoms with Gasteiger partial charge < -0.3 is 9.30 Å². The minimum atomic E-state index is -0.883. The van der Waals surface area contributed by atoms with Crippen molar-refractivity contribution in [2.75, 3.05) is 11.5 Å². The van der Waals surface area contributed by atoms with Crippen molar-refractivity contribution in [3.05, 3.63) is 137 Å². The molecule has 1 aliphatic heterocycles. The van der Waals surface area contributed by atoms with Gasteiger partial charge in [0.2, 0.25) is 0 Å². The van der Waals surface area contributed by atoms with E-state index in [0.717, 1.165) is 16.0 Å². The van der Waals surface area contributed by atoms with Crippen molar-refractivity contribution in [2.24, 2.45) is 0 Å². The van der Waals surface area contributed by atoms with Crippen LogP contribution in [0.5, 0.6) is 5.75 Å². The smallest absolute Gasteiger partial charge is 0.336 e. The van der Waals surface area contributed by atoms with Crippen LogP contribution in [-0.4, -0.2) is 33.9 Å². The highest BCUT2D eigenvalue weighted by molar-refractivity contribution is 6.39. The Morgan fingerprint density at radius 2 is 1.44 bits per heavy atom. The zero-order chi connectivity index (χ0) is 31.5. The fourth-order valence-corrected chi connectivity index (χ4v) is 5.30. The summed E-state index contributed by atoms with van der Waals surface area (Å²) in [6.07, 6.45) is 1.47. The molecule has 0 bridgehead atoms. The average Bonchev–Trinajstić information content (AvgIpc) is 3.44. The van der Waals surface area contributed by atoms with Crippen molar-refractivity contribution in [1.29, 1.82) is 0 Å². The zero-order valence-corrected chi connectivity index (χ0v) is 24.0. The van der Waals surface area contributed by atoms with Crippen LogP contribution in [0.4, 0.5) is 16.2 Å². The Labute approximate surface area is 257 Å². The van der Waals surface area contributed by atoms with E-state index in [2.05, 4.69) is 5.32 Å². The third kappa shape index (κ3) is 5.48. The van der Waals surface area contributed by atoms with Gasteiger partial charge in [0.25, 0.3) is 17.5 Å². The van der Waals surface area contributed by atoms with Crippen LogP contribution in [0.15, 0.2) is 121 Å². The highest BCUT2D eigenvalue weighted by atomic mass is 16.6. The van der Waals surface area contributed by atoms with Gasteiger partial charge >= 0.3 is 6.03 Å². The molecule has 1 N–H and O–H groups in total. The molecule has 1 saturated heterocycles. The lowest BCUT2D eigenvalue weighted by Gasteiger charge is -2.27. The fraction of sp³-hybridized carbons (Fsp3) is 0.0571. The van der Waals surface area contributed by atoms with Crippen molar-refractivity contribution in [3.63, 3.8) is 0 Å². The molecule has 45 heavy (non-hydrogen) atoms. The molecule has 1 aromatic heterocycles. The summed E-state index contributed by atoms with van der Waals surface area (Å²) in [5.74, 6) is -1.32. The van der Waals surface area contributed by atoms with E-state index in [1.54, 1.807) is 43.3 Å². The first-order valence-corrected chi connectivity index (χ1v) is 14.1. The van der Waals surface area contributed by atoms with Gasteiger partial charge in [-0.05, 0) is 54.5 Å². The second kappa shape index (κ2) is 12.1. The van der Waals surface area contributed by atoms with Crippen molar-refractivity contribution >= 4 is 35.3 Å². The van der Waals surface area contributed by atoms with Crippen LogP contribution in [0.2, 0.25) is 0 Å². The lowest BCUT2D eigenvalue weighted by molar-refractivity contribution is -0.384. The molecule has 0 atom stereocenters. The fourth-order valence-electron chi connectivity index (χ4n) is 5.30. The van der Waals surface area contributed by atoms with Crippen molar-refractivity contribution in [2.45, 2.75) is 6.92 Å². The normalized spacial score (nSPS) is 14.0. The number of nitro benzene ring substituents is 1. The molecule has 10 nitrogen and oxygen atoms in total. The maximum Gasteiger partial charge on any atom is 0.336 e. The van der Waals surface area contributed by atoms with E-state index in [1.807, 2.05) is 71.3 Å². The largest absolute Gasteiger partial charge is 0.492 e. The number of imide groups is 2. The minimum absolute atomic E-state index is 0.0580. The van der Waals surface area contributed by atoms with Crippen LogP contribution in [-0.2, 0) is 9.59 Å². The van der Waals surface area contributed by atoms with Crippen molar-refractivity contribution < 1.29 is 24.0 Å². The number of aromatic nitrogens is 1. The number of nitrogens with one attached hydrogen (secondary N) is 1. The topological polar surface area (TPSA) is 124 Å². The Hall–Kier alpha value is -6.29. The van der Waals surface area contributed by atoms with Crippen LogP contribution in [0.25, 0.3) is 34.3 Å². The Morgan fingerprint density at radius 1 is 0.822 bits per heavy atom. The number of barbiturate groups is 1. The maximum atomic E-state index is 13.9. The maximum absolute atomic E-state index is 13.9. The van der Waals surface area contributed by atoms with Crippen LogP contribution >= 0.6 is 0 Å². The summed E-state index contributed by atoms with van der Waals surface area (Å²) in [5, 5.41) is 13.7. The molecule has 2 heterocycles. The molecular weight excluding hydrogens is 572 g/mol. The van der Waals surface area contributed by atoms with Gasteiger partial charge in [-0.2, -0.15) is 0 Å². The Balaban J connectivity index is 1.58. The summed E-state index contributed by atoms with van der Waals surface area (Å²) < 4.78 is 7.59. The molecule has 4 amide bonds. The Morgan fingerprint density at radius 3 is 2.09 bits per heavy atom. The molecule has 4 aromatic carbocycles. The van der Waals surface area contributed by atoms with Gasteiger partial charge in [-0.15, -0.1) is 0 Å². The number of hydrogen-bond donors (Lipinski definition) is 1. The lowest BCUT2D eigenvalue weighted by atomic mass is 10.0. The number of carbonyl (C=O) groups excluding carboxylic acids is 3. The van der Waals surface area contributed by atoms with Crippen molar-refractivity contribution in [3.8, 4) is 34.0 Å². The molecule has 6 rings (SSSR count). The molecule has 1 fully saturated rings. The van der Waals surface area contributed by atoms with E-state index in [4.69, 9.17) is 4.74 Å². The number of benzene rings is 4. The summed E-state index contributed by atoms with van der Waals surface area (Å²) >= 11 is 0. The van der Waals surface area contributed by atoms with Gasteiger partial charge in [0.15, 0.2) is 0 Å². The monoisotopic (exact) mass is 598 g/mol. The van der Waals surface area contributed by atoms with Gasteiger partial charge in [0.05, 0.1) is 28.6 Å². The first-order chi connectivity index (χ1) is 21.9. The number of anilines is 1. The number of para-hydroxylation sites is 2. The highest BCUT2D eigenvalue weighted by Gasteiger charge is 2.38. The van der Waals surface area contributed by atoms with E-state index in [-0.39, 0.29) is 16.9 Å². The SMILES string of the molecule is CCOc1ccccc1N1C(=O)NC(=O)/C(=C/c2cc(-c3ccccc3)n(-c3ccc([N+](=O)[O-])cc3)c2-c2ccccc2)C1=O. The molecular formula is C35H26N4O6. The first-order valence-electron chi connectivity index (χ1n) is 14.1. The molecule has 0 saturated carbocycles. The molecule has 0 aliphatic carbocycles. The number of nitro groups is 1. The summed E-state index contributed by atoms with van der Waals surface area (Å²) in [6.45, 7) is 2.09. The van der Waals surface area contributed by atoms with E-state index >= 15 is 0 Å². The molecule has 0 unspecified atom stereocenters. The second-order valence-electron chi connectivity index (χ2n) is 10.0. The number of carbonyl (C=O) groups is 3. The third-order valence-corrected chi connectivity index (χ3v) is 7.27. The summed E-state index contributed by atoms with van der Waals surface area (Å²) in [7, 11) is 0. The standard InChI is InChI=1S/C35H26N4O6/c1-2-45-31-16-10-9-15-29(31)38-34(41)28(33(40)36-35(38)42)21-25-22-30(23-11-5-3-6-12-23)37(32(25)24-13-7-4-8-14-24)26-17-19-27(20-18-26)39(43)44/h3-22H,2H2,1H3,(H,36,40,42)/b28-21-. The van der Waals surface area contributed by atoms with Crippen LogP contribution < -0.4 is 15.0 Å². The van der Waals surface area contributed by atoms with Gasteiger partial charge in [-0.25, -0.2) is 9.69 Å². The predicted octanol–water partition coefficient (Wildman–Crippen LogP) is 6.78. The van der Waals surface area contributed by atoms with Gasteiger partial charge in [0.1, 0.15) is 11.3 Å². The van der Waals surface area contributed by atoms with Gasteiger partial charge in [-0.1, -0.05) is 72.8 Å². The van der Waals surface area contributed by atoms with E-state index in [9.17, 15) is 24.5 Å². The number of ether oxygens (including phenoxy) is 1. The number of nitrogens with zero attached hydrogens (tertiary/aromatic N) is 3. The van der Waals surface area contributed by atoms with E-state index in [1.165, 1.54) is 18.2 Å². The van der Waals surface area contributed by atoms with Crippen LogP contribution in [0, 0.1) is 10.1 Å². The predicted molar refractivity (Wildman–Crippen MR) is 170 cm³/mol. The highest BCUT2D eigenvalue weighted by Crippen LogP contribution is 2.38. The summed E-state index contributed by atoms with van der Waals surface area (Å²) in [4.78, 5) is 52.0. The minimum Gasteiger partial charge on any atom is -0.492 e.